The molecular formula is C22H29N3O. The molecule has 1 aliphatic rings. The summed E-state index contributed by atoms with van der Waals surface area (Å²) in [5, 5.41) is 9.88. The van der Waals surface area contributed by atoms with Crippen molar-refractivity contribution >= 4 is 11.6 Å². The quantitative estimate of drug-likeness (QED) is 0.603. The van der Waals surface area contributed by atoms with Gasteiger partial charge in [-0.3, -0.25) is 4.79 Å². The molecule has 0 aliphatic carbocycles. The van der Waals surface area contributed by atoms with Crippen LogP contribution in [0.4, 0.5) is 5.69 Å². The van der Waals surface area contributed by atoms with E-state index in [0.717, 1.165) is 24.3 Å². The van der Waals surface area contributed by atoms with Crippen molar-refractivity contribution in [3.8, 4) is 0 Å². The Balaban J connectivity index is 1.51. The number of benzene rings is 2. The monoisotopic (exact) mass is 351 g/mol. The smallest absolute Gasteiger partial charge is 0.229 e. The summed E-state index contributed by atoms with van der Waals surface area (Å²) >= 11 is 0. The Kier molecular flexibility index (Phi) is 6.67. The van der Waals surface area contributed by atoms with Crippen LogP contribution in [0.5, 0.6) is 0 Å². The lowest BCUT2D eigenvalue weighted by Gasteiger charge is -2.26. The van der Waals surface area contributed by atoms with Crippen molar-refractivity contribution in [3.05, 3.63) is 65.2 Å². The average molecular weight is 351 g/mol. The van der Waals surface area contributed by atoms with Crippen LogP contribution in [0.25, 0.3) is 0 Å². The fourth-order valence-corrected chi connectivity index (χ4v) is 3.38. The number of nitrogens with one attached hydrogen (secondary N) is 3. The molecule has 4 heteroatoms. The van der Waals surface area contributed by atoms with Gasteiger partial charge in [-0.1, -0.05) is 56.2 Å². The first-order chi connectivity index (χ1) is 12.8. The van der Waals surface area contributed by atoms with Crippen LogP contribution in [0.2, 0.25) is 0 Å². The topological polar surface area (TPSA) is 53.2 Å². The average Bonchev–Trinajstić information content (AvgIpc) is 2.68. The molecule has 0 aromatic heterocycles. The van der Waals surface area contributed by atoms with E-state index in [4.69, 9.17) is 0 Å². The standard InChI is InChI=1S/C22H29N3O/c1-2-3-6-13-23-14-17-9-11-19(12-10-17)24-16-21-20-8-5-4-7-18(20)15-25-22(21)26/h4-5,7-12,21,23-24H,2-3,6,13-16H2,1H3,(H,25,26). The van der Waals surface area contributed by atoms with Gasteiger partial charge in [0.1, 0.15) is 0 Å². The molecule has 1 heterocycles. The number of hydrogen-bond acceptors (Lipinski definition) is 3. The summed E-state index contributed by atoms with van der Waals surface area (Å²) in [6.07, 6.45) is 3.78. The minimum atomic E-state index is -0.139. The van der Waals surface area contributed by atoms with E-state index < -0.39 is 0 Å². The molecule has 0 fully saturated rings. The van der Waals surface area contributed by atoms with Crippen molar-refractivity contribution in [1.82, 2.24) is 10.6 Å². The zero-order valence-corrected chi connectivity index (χ0v) is 15.6. The number of rotatable bonds is 9. The lowest BCUT2D eigenvalue weighted by atomic mass is 9.90. The van der Waals surface area contributed by atoms with Gasteiger partial charge in [0.05, 0.1) is 5.92 Å². The number of fused-ring (bicyclic) bond motifs is 1. The van der Waals surface area contributed by atoms with Gasteiger partial charge in [-0.25, -0.2) is 0 Å². The first-order valence-electron chi connectivity index (χ1n) is 9.67. The van der Waals surface area contributed by atoms with E-state index in [0.29, 0.717) is 13.1 Å². The Morgan fingerprint density at radius 3 is 2.69 bits per heavy atom. The van der Waals surface area contributed by atoms with Gasteiger partial charge in [0.2, 0.25) is 5.91 Å². The number of carbonyl (C=O) groups is 1. The molecule has 26 heavy (non-hydrogen) atoms. The van der Waals surface area contributed by atoms with Gasteiger partial charge in [0.25, 0.3) is 0 Å². The summed E-state index contributed by atoms with van der Waals surface area (Å²) in [4.78, 5) is 12.3. The van der Waals surface area contributed by atoms with Gasteiger partial charge >= 0.3 is 0 Å². The van der Waals surface area contributed by atoms with Crippen molar-refractivity contribution in [1.29, 1.82) is 0 Å². The van der Waals surface area contributed by atoms with Gasteiger partial charge in [-0.05, 0) is 41.8 Å². The van der Waals surface area contributed by atoms with Crippen LogP contribution in [0, 0.1) is 0 Å². The molecule has 3 N–H and O–H groups in total. The van der Waals surface area contributed by atoms with Gasteiger partial charge in [-0.15, -0.1) is 0 Å². The van der Waals surface area contributed by atoms with E-state index in [1.807, 2.05) is 12.1 Å². The van der Waals surface area contributed by atoms with E-state index >= 15 is 0 Å². The Morgan fingerprint density at radius 2 is 1.88 bits per heavy atom. The Bertz CT molecular complexity index is 712. The van der Waals surface area contributed by atoms with Crippen LogP contribution in [0.15, 0.2) is 48.5 Å². The van der Waals surface area contributed by atoms with Crippen LogP contribution in [-0.4, -0.2) is 19.0 Å². The molecule has 1 aliphatic heterocycles. The maximum atomic E-state index is 12.3. The summed E-state index contributed by atoms with van der Waals surface area (Å²) in [7, 11) is 0. The molecule has 1 unspecified atom stereocenters. The van der Waals surface area contributed by atoms with Gasteiger partial charge in [-0.2, -0.15) is 0 Å². The van der Waals surface area contributed by atoms with Crippen LogP contribution < -0.4 is 16.0 Å². The highest BCUT2D eigenvalue weighted by atomic mass is 16.1. The van der Waals surface area contributed by atoms with Crippen molar-refractivity contribution < 1.29 is 4.79 Å². The molecule has 138 valence electrons. The van der Waals surface area contributed by atoms with E-state index in [1.165, 1.54) is 30.4 Å². The zero-order chi connectivity index (χ0) is 18.2. The fraction of sp³-hybridized carbons (Fsp3) is 0.409. The highest BCUT2D eigenvalue weighted by Gasteiger charge is 2.26. The summed E-state index contributed by atoms with van der Waals surface area (Å²) in [6.45, 7) is 5.44. The number of amides is 1. The van der Waals surface area contributed by atoms with Crippen molar-refractivity contribution in [2.24, 2.45) is 0 Å². The third-order valence-electron chi connectivity index (χ3n) is 4.95. The number of carbonyl (C=O) groups excluding carboxylic acids is 1. The number of anilines is 1. The first kappa shape index (κ1) is 18.5. The number of unbranched alkanes of at least 4 members (excludes halogenated alkanes) is 2. The second-order valence-electron chi connectivity index (χ2n) is 6.93. The molecule has 4 nitrogen and oxygen atoms in total. The molecule has 3 rings (SSSR count). The molecule has 0 spiro atoms. The van der Waals surface area contributed by atoms with Crippen LogP contribution in [0.3, 0.4) is 0 Å². The van der Waals surface area contributed by atoms with Crippen molar-refractivity contribution in [2.45, 2.75) is 45.2 Å². The zero-order valence-electron chi connectivity index (χ0n) is 15.6. The second kappa shape index (κ2) is 9.39. The van der Waals surface area contributed by atoms with E-state index in [1.54, 1.807) is 0 Å². The van der Waals surface area contributed by atoms with Crippen molar-refractivity contribution in [2.75, 3.05) is 18.4 Å². The minimum absolute atomic E-state index is 0.101. The predicted molar refractivity (Wildman–Crippen MR) is 107 cm³/mol. The van der Waals surface area contributed by atoms with Crippen LogP contribution >= 0.6 is 0 Å². The van der Waals surface area contributed by atoms with Crippen LogP contribution in [-0.2, 0) is 17.9 Å². The summed E-state index contributed by atoms with van der Waals surface area (Å²) < 4.78 is 0. The SMILES string of the molecule is CCCCCNCc1ccc(NCC2C(=O)NCc3ccccc32)cc1. The van der Waals surface area contributed by atoms with Crippen molar-refractivity contribution in [3.63, 3.8) is 0 Å². The normalized spacial score (nSPS) is 16.0. The molecule has 2 aromatic carbocycles. The van der Waals surface area contributed by atoms with Crippen LogP contribution in [0.1, 0.15) is 48.8 Å². The predicted octanol–water partition coefficient (Wildman–Crippen LogP) is 3.79. The maximum absolute atomic E-state index is 12.3. The maximum Gasteiger partial charge on any atom is 0.229 e. The Labute approximate surface area is 156 Å². The molecule has 0 radical (unpaired) electrons. The lowest BCUT2D eigenvalue weighted by molar-refractivity contribution is -0.122. The third kappa shape index (κ3) is 4.85. The lowest BCUT2D eigenvalue weighted by Crippen LogP contribution is -2.37. The van der Waals surface area contributed by atoms with Gasteiger partial charge in [0, 0.05) is 25.3 Å². The molecule has 1 amide bonds. The molecule has 2 aromatic rings. The molecule has 1 atom stereocenters. The molecular weight excluding hydrogens is 322 g/mol. The third-order valence-corrected chi connectivity index (χ3v) is 4.95. The van der Waals surface area contributed by atoms with Gasteiger partial charge in [0.15, 0.2) is 0 Å². The molecule has 0 bridgehead atoms. The van der Waals surface area contributed by atoms with E-state index in [2.05, 4.69) is 59.3 Å². The largest absolute Gasteiger partial charge is 0.384 e. The summed E-state index contributed by atoms with van der Waals surface area (Å²) in [5.74, 6) is -0.0380. The highest BCUT2D eigenvalue weighted by Crippen LogP contribution is 2.25. The molecule has 0 saturated heterocycles. The van der Waals surface area contributed by atoms with Gasteiger partial charge < -0.3 is 16.0 Å². The summed E-state index contributed by atoms with van der Waals surface area (Å²) in [5.41, 5.74) is 4.68. The number of hydrogen-bond donors (Lipinski definition) is 3. The highest BCUT2D eigenvalue weighted by molar-refractivity contribution is 5.86. The Morgan fingerprint density at radius 1 is 1.08 bits per heavy atom. The van der Waals surface area contributed by atoms with E-state index in [9.17, 15) is 4.79 Å². The summed E-state index contributed by atoms with van der Waals surface area (Å²) in [6, 6.07) is 16.7. The minimum Gasteiger partial charge on any atom is -0.384 e. The fourth-order valence-electron chi connectivity index (χ4n) is 3.38. The Hall–Kier alpha value is -2.33. The first-order valence-corrected chi connectivity index (χ1v) is 9.67. The van der Waals surface area contributed by atoms with E-state index in [-0.39, 0.29) is 11.8 Å². The second-order valence-corrected chi connectivity index (χ2v) is 6.93. The molecule has 0 saturated carbocycles.